The van der Waals surface area contributed by atoms with Gasteiger partial charge in [0.15, 0.2) is 0 Å². The van der Waals surface area contributed by atoms with Crippen molar-refractivity contribution in [2.45, 2.75) is 23.5 Å². The van der Waals surface area contributed by atoms with Crippen LogP contribution in [0.1, 0.15) is 23.2 Å². The summed E-state index contributed by atoms with van der Waals surface area (Å²) in [7, 11) is -3.97. The van der Waals surface area contributed by atoms with Crippen molar-refractivity contribution < 1.29 is 27.8 Å². The number of rotatable bonds is 5. The summed E-state index contributed by atoms with van der Waals surface area (Å²) in [5.41, 5.74) is -1.12. The van der Waals surface area contributed by atoms with Crippen LogP contribution in [0.5, 0.6) is 0 Å². The largest absolute Gasteiger partial charge is 0.358 e. The molecular weight excluding hydrogens is 456 g/mol. The van der Waals surface area contributed by atoms with Gasteiger partial charge in [0.25, 0.3) is 17.3 Å². The second-order valence-corrected chi connectivity index (χ2v) is 9.58. The number of nitro groups is 2. The van der Waals surface area contributed by atoms with Gasteiger partial charge in [-0.15, -0.1) is 0 Å². The normalized spacial score (nSPS) is 18.4. The van der Waals surface area contributed by atoms with Crippen molar-refractivity contribution in [2.24, 2.45) is 0 Å². The highest BCUT2D eigenvalue weighted by Gasteiger charge is 2.51. The number of hydrogen-bond donors (Lipinski definition) is 0. The van der Waals surface area contributed by atoms with Gasteiger partial charge in [-0.05, 0) is 24.3 Å². The Bertz CT molecular complexity index is 1190. The average Bonchev–Trinajstić information content (AvgIpc) is 3.23. The van der Waals surface area contributed by atoms with E-state index in [2.05, 4.69) is 0 Å². The van der Waals surface area contributed by atoms with Crippen LogP contribution in [0.25, 0.3) is 0 Å². The quantitative estimate of drug-likeness (QED) is 0.470. The Morgan fingerprint density at radius 2 is 1.39 bits per heavy atom. The summed E-state index contributed by atoms with van der Waals surface area (Å²) in [5, 5.41) is 21.7. The van der Waals surface area contributed by atoms with Crippen molar-refractivity contribution in [3.8, 4) is 0 Å². The molecular formula is C20H20N4O8S. The summed E-state index contributed by atoms with van der Waals surface area (Å²) < 4.78 is 33.6. The maximum absolute atomic E-state index is 13.3. The molecule has 2 aromatic carbocycles. The Hall–Kier alpha value is -3.42. The molecule has 1 amide bonds. The lowest BCUT2D eigenvalue weighted by Crippen LogP contribution is -2.55. The molecule has 33 heavy (non-hydrogen) atoms. The van der Waals surface area contributed by atoms with E-state index in [0.717, 1.165) is 12.1 Å². The predicted octanol–water partition coefficient (Wildman–Crippen LogP) is 2.16. The highest BCUT2D eigenvalue weighted by atomic mass is 32.2. The first-order chi connectivity index (χ1) is 15.6. The number of nitrogens with zero attached hydrogens (tertiary/aromatic N) is 4. The number of sulfonamides is 1. The van der Waals surface area contributed by atoms with Crippen molar-refractivity contribution >= 4 is 27.3 Å². The number of carbonyl (C=O) groups excluding carboxylic acids is 1. The first kappa shape index (κ1) is 22.8. The SMILES string of the molecule is O=C(c1ccc([N+](=O)[O-])cc1)N1CCC2(CC1)OCCN2S(=O)(=O)c1ccc([N+](=O)[O-])cc1. The Balaban J connectivity index is 1.49. The highest BCUT2D eigenvalue weighted by molar-refractivity contribution is 7.89. The van der Waals surface area contributed by atoms with Gasteiger partial charge in [0.05, 0.1) is 21.3 Å². The fourth-order valence-corrected chi connectivity index (χ4v) is 5.88. The zero-order valence-electron chi connectivity index (χ0n) is 17.3. The van der Waals surface area contributed by atoms with E-state index in [1.165, 1.54) is 40.7 Å². The molecule has 0 aliphatic carbocycles. The Morgan fingerprint density at radius 3 is 1.91 bits per heavy atom. The van der Waals surface area contributed by atoms with E-state index in [0.29, 0.717) is 5.56 Å². The zero-order valence-corrected chi connectivity index (χ0v) is 18.1. The van der Waals surface area contributed by atoms with Crippen LogP contribution in [0.15, 0.2) is 53.4 Å². The molecule has 0 saturated carbocycles. The summed E-state index contributed by atoms with van der Waals surface area (Å²) >= 11 is 0. The van der Waals surface area contributed by atoms with Crippen LogP contribution in [0, 0.1) is 20.2 Å². The van der Waals surface area contributed by atoms with E-state index >= 15 is 0 Å². The molecule has 2 saturated heterocycles. The maximum atomic E-state index is 13.3. The van der Waals surface area contributed by atoms with Crippen LogP contribution in [0.4, 0.5) is 11.4 Å². The fraction of sp³-hybridized carbons (Fsp3) is 0.350. The molecule has 0 bridgehead atoms. The molecule has 13 heteroatoms. The lowest BCUT2D eigenvalue weighted by molar-refractivity contribution is -0.385. The average molecular weight is 476 g/mol. The molecule has 2 aliphatic rings. The molecule has 1 spiro atoms. The molecule has 2 aromatic rings. The van der Waals surface area contributed by atoms with Gasteiger partial charge in [0.2, 0.25) is 10.0 Å². The number of carbonyl (C=O) groups is 1. The van der Waals surface area contributed by atoms with Gasteiger partial charge in [0, 0.05) is 62.3 Å². The van der Waals surface area contributed by atoms with Crippen LogP contribution in [-0.2, 0) is 14.8 Å². The van der Waals surface area contributed by atoms with Crippen LogP contribution in [0.3, 0.4) is 0 Å². The minimum Gasteiger partial charge on any atom is -0.358 e. The topological polar surface area (TPSA) is 153 Å². The van der Waals surface area contributed by atoms with Gasteiger partial charge < -0.3 is 9.64 Å². The first-order valence-electron chi connectivity index (χ1n) is 10.1. The Kier molecular flexibility index (Phi) is 5.86. The van der Waals surface area contributed by atoms with Crippen molar-refractivity contribution in [3.05, 3.63) is 74.3 Å². The highest BCUT2D eigenvalue weighted by Crippen LogP contribution is 2.38. The van der Waals surface area contributed by atoms with Gasteiger partial charge in [0.1, 0.15) is 5.72 Å². The van der Waals surface area contributed by atoms with Gasteiger partial charge in [-0.3, -0.25) is 25.0 Å². The number of nitro benzene ring substituents is 2. The minimum absolute atomic E-state index is 0.0673. The standard InChI is InChI=1S/C20H20N4O8S/c25-19(15-1-3-16(4-2-15)23(26)27)21-11-9-20(10-12-21)22(13-14-32-20)33(30,31)18-7-5-17(6-8-18)24(28)29/h1-8H,9-14H2. The van der Waals surface area contributed by atoms with Gasteiger partial charge in [-0.25, -0.2) is 8.42 Å². The molecule has 2 aliphatic heterocycles. The molecule has 0 unspecified atom stereocenters. The third kappa shape index (κ3) is 4.17. The molecule has 2 fully saturated rings. The Labute approximate surface area is 188 Å². The second-order valence-electron chi connectivity index (χ2n) is 7.72. The molecule has 0 aromatic heterocycles. The minimum atomic E-state index is -3.97. The molecule has 0 N–H and O–H groups in total. The number of ether oxygens (including phenoxy) is 1. The third-order valence-corrected chi connectivity index (χ3v) is 7.88. The second kappa shape index (κ2) is 8.50. The van der Waals surface area contributed by atoms with E-state index < -0.39 is 25.6 Å². The number of non-ortho nitro benzene ring substituents is 2. The molecule has 0 atom stereocenters. The molecule has 0 radical (unpaired) electrons. The smallest absolute Gasteiger partial charge is 0.269 e. The van der Waals surface area contributed by atoms with Crippen LogP contribution < -0.4 is 0 Å². The number of amides is 1. The number of likely N-dealkylation sites (tertiary alicyclic amines) is 1. The van der Waals surface area contributed by atoms with Crippen molar-refractivity contribution in [2.75, 3.05) is 26.2 Å². The van der Waals surface area contributed by atoms with Crippen LogP contribution in [-0.4, -0.2) is 65.3 Å². The number of hydrogen-bond acceptors (Lipinski definition) is 8. The van der Waals surface area contributed by atoms with Crippen LogP contribution in [0.2, 0.25) is 0 Å². The summed E-state index contributed by atoms with van der Waals surface area (Å²) in [6, 6.07) is 9.99. The van der Waals surface area contributed by atoms with E-state index in [-0.39, 0.29) is 61.3 Å². The van der Waals surface area contributed by atoms with Crippen molar-refractivity contribution in [1.82, 2.24) is 9.21 Å². The third-order valence-electron chi connectivity index (χ3n) is 5.91. The summed E-state index contributed by atoms with van der Waals surface area (Å²) in [6.07, 6.45) is 0.496. The summed E-state index contributed by atoms with van der Waals surface area (Å²) in [5.74, 6) is -0.303. The lowest BCUT2D eigenvalue weighted by Gasteiger charge is -2.42. The summed E-state index contributed by atoms with van der Waals surface area (Å²) in [6.45, 7) is 0.808. The summed E-state index contributed by atoms with van der Waals surface area (Å²) in [4.78, 5) is 34.8. The Morgan fingerprint density at radius 1 is 0.879 bits per heavy atom. The molecule has 4 rings (SSSR count). The number of piperidine rings is 1. The van der Waals surface area contributed by atoms with E-state index in [9.17, 15) is 33.4 Å². The van der Waals surface area contributed by atoms with Gasteiger partial charge in [-0.1, -0.05) is 0 Å². The van der Waals surface area contributed by atoms with E-state index in [1.54, 1.807) is 4.90 Å². The maximum Gasteiger partial charge on any atom is 0.269 e. The monoisotopic (exact) mass is 476 g/mol. The van der Waals surface area contributed by atoms with Gasteiger partial charge in [-0.2, -0.15) is 4.31 Å². The van der Waals surface area contributed by atoms with E-state index in [1.807, 2.05) is 0 Å². The lowest BCUT2D eigenvalue weighted by atomic mass is 10.00. The van der Waals surface area contributed by atoms with E-state index in [4.69, 9.17) is 4.74 Å². The number of benzene rings is 2. The van der Waals surface area contributed by atoms with Crippen molar-refractivity contribution in [1.29, 1.82) is 0 Å². The van der Waals surface area contributed by atoms with Crippen LogP contribution >= 0.6 is 0 Å². The molecule has 174 valence electrons. The zero-order chi connectivity index (χ0) is 23.8. The first-order valence-corrected chi connectivity index (χ1v) is 11.5. The molecule has 12 nitrogen and oxygen atoms in total. The predicted molar refractivity (Wildman–Crippen MR) is 114 cm³/mol. The fourth-order valence-electron chi connectivity index (χ4n) is 4.16. The van der Waals surface area contributed by atoms with Gasteiger partial charge >= 0.3 is 0 Å². The van der Waals surface area contributed by atoms with Crippen molar-refractivity contribution in [3.63, 3.8) is 0 Å². The molecule has 2 heterocycles.